The van der Waals surface area contributed by atoms with Crippen LogP contribution < -0.4 is 40.2 Å². The monoisotopic (exact) mass is 300 g/mol. The first-order valence-electron chi connectivity index (χ1n) is 5.49. The second-order valence-corrected chi connectivity index (χ2v) is 4.53. The van der Waals surface area contributed by atoms with Crippen LogP contribution in [0.15, 0.2) is 23.0 Å². The van der Waals surface area contributed by atoms with Crippen LogP contribution in [0.25, 0.3) is 11.1 Å². The van der Waals surface area contributed by atoms with Crippen molar-refractivity contribution in [1.82, 2.24) is 10.2 Å². The molecule has 0 aliphatic carbocycles. The summed E-state index contributed by atoms with van der Waals surface area (Å²) in [6.45, 7) is 3.38. The average Bonchev–Trinajstić information content (AvgIpc) is 2.36. The average molecular weight is 301 g/mol. The molecule has 98 valence electrons. The zero-order valence-corrected chi connectivity index (χ0v) is 14.0. The van der Waals surface area contributed by atoms with Crippen LogP contribution in [0.2, 0.25) is 5.02 Å². The van der Waals surface area contributed by atoms with Crippen molar-refractivity contribution < 1.29 is 39.5 Å². The molecule has 1 heterocycles. The van der Waals surface area contributed by atoms with Crippen molar-refractivity contribution in [3.8, 4) is 11.1 Å². The van der Waals surface area contributed by atoms with E-state index in [0.29, 0.717) is 22.4 Å². The first-order valence-corrected chi connectivity index (χ1v) is 5.86. The van der Waals surface area contributed by atoms with Crippen LogP contribution in [-0.4, -0.2) is 16.2 Å². The minimum absolute atomic E-state index is 0. The summed E-state index contributed by atoms with van der Waals surface area (Å²) in [4.78, 5) is 22.5. The van der Waals surface area contributed by atoms with E-state index in [9.17, 15) is 14.7 Å². The topological polar surface area (TPSA) is 85.9 Å². The number of carbonyl (C=O) groups excluding carboxylic acids is 1. The van der Waals surface area contributed by atoms with Gasteiger partial charge in [-0.2, -0.15) is 5.10 Å². The molecule has 20 heavy (non-hydrogen) atoms. The second-order valence-electron chi connectivity index (χ2n) is 4.12. The molecule has 5 nitrogen and oxygen atoms in total. The maximum atomic E-state index is 11.6. The summed E-state index contributed by atoms with van der Waals surface area (Å²) >= 11 is 5.79. The van der Waals surface area contributed by atoms with Crippen molar-refractivity contribution in [2.75, 3.05) is 0 Å². The van der Waals surface area contributed by atoms with Gasteiger partial charge >= 0.3 is 29.6 Å². The van der Waals surface area contributed by atoms with Crippen LogP contribution in [0.5, 0.6) is 0 Å². The minimum atomic E-state index is -1.36. The molecule has 2 rings (SSSR count). The minimum Gasteiger partial charge on any atom is -0.545 e. The first kappa shape index (κ1) is 16.9. The number of hydrogen-bond acceptors (Lipinski definition) is 4. The smallest absolute Gasteiger partial charge is 0.545 e. The third-order valence-electron chi connectivity index (χ3n) is 2.88. The number of nitrogens with zero attached hydrogens (tertiary/aromatic N) is 1. The number of hydrogen-bond donors (Lipinski definition) is 1. The van der Waals surface area contributed by atoms with Gasteiger partial charge in [0.1, 0.15) is 0 Å². The summed E-state index contributed by atoms with van der Waals surface area (Å²) in [5.74, 6) is -1.36. The molecular formula is C13H10ClN2NaO3. The number of aryl methyl sites for hydroxylation is 1. The van der Waals surface area contributed by atoms with Gasteiger partial charge < -0.3 is 9.90 Å². The van der Waals surface area contributed by atoms with Crippen molar-refractivity contribution in [3.63, 3.8) is 0 Å². The quantitative estimate of drug-likeness (QED) is 0.655. The number of carboxylic acids is 1. The van der Waals surface area contributed by atoms with E-state index in [1.54, 1.807) is 19.9 Å². The van der Waals surface area contributed by atoms with Crippen LogP contribution in [0, 0.1) is 13.8 Å². The predicted octanol–water partition coefficient (Wildman–Crippen LogP) is -1.93. The Morgan fingerprint density at radius 2 is 2.00 bits per heavy atom. The fourth-order valence-electron chi connectivity index (χ4n) is 1.92. The molecule has 7 heteroatoms. The molecule has 1 aromatic heterocycles. The second kappa shape index (κ2) is 6.54. The van der Waals surface area contributed by atoms with E-state index in [4.69, 9.17) is 11.6 Å². The van der Waals surface area contributed by atoms with E-state index in [0.717, 1.165) is 0 Å². The third-order valence-corrected chi connectivity index (χ3v) is 3.21. The Kier molecular flexibility index (Phi) is 5.53. The number of aromatic nitrogens is 2. The van der Waals surface area contributed by atoms with Crippen LogP contribution in [0.1, 0.15) is 21.6 Å². The number of carboxylic acid groups (broad SMARTS) is 1. The fourth-order valence-corrected chi connectivity index (χ4v) is 2.12. The summed E-state index contributed by atoms with van der Waals surface area (Å²) in [5, 5.41) is 17.3. The summed E-state index contributed by atoms with van der Waals surface area (Å²) in [5.41, 5.74) is 1.81. The molecule has 0 amide bonds. The molecule has 0 saturated carbocycles. The summed E-state index contributed by atoms with van der Waals surface area (Å²) in [6.07, 6.45) is 0. The Morgan fingerprint density at radius 1 is 1.35 bits per heavy atom. The van der Waals surface area contributed by atoms with Gasteiger partial charge in [0.2, 0.25) is 0 Å². The van der Waals surface area contributed by atoms with Gasteiger partial charge in [0.25, 0.3) is 5.56 Å². The standard InChI is InChI=1S/C13H11ClN2O3.Na/c1-6-11(7(2)15-16-12(6)17)8-3-4-10(14)9(5-8)13(18)19;/h3-5H,1-2H3,(H,16,17)(H,18,19);/q;+1/p-1. The Hall–Kier alpha value is -1.14. The Balaban J connectivity index is 0.00000200. The van der Waals surface area contributed by atoms with Gasteiger partial charge in [-0.1, -0.05) is 17.7 Å². The molecule has 0 aliphatic rings. The maximum Gasteiger partial charge on any atom is 1.00 e. The molecular weight excluding hydrogens is 291 g/mol. The van der Waals surface area contributed by atoms with Crippen LogP contribution in [0.4, 0.5) is 0 Å². The molecule has 0 saturated heterocycles. The number of H-pyrrole nitrogens is 1. The van der Waals surface area contributed by atoms with Gasteiger partial charge in [-0.05, 0) is 31.5 Å². The van der Waals surface area contributed by atoms with Crippen molar-refractivity contribution in [3.05, 3.63) is 50.4 Å². The molecule has 0 fully saturated rings. The molecule has 0 spiro atoms. The molecule has 1 N–H and O–H groups in total. The molecule has 2 aromatic rings. The number of carbonyl (C=O) groups is 1. The van der Waals surface area contributed by atoms with E-state index >= 15 is 0 Å². The number of aromatic amines is 1. The van der Waals surface area contributed by atoms with Crippen molar-refractivity contribution >= 4 is 17.6 Å². The summed E-state index contributed by atoms with van der Waals surface area (Å²) in [6, 6.07) is 4.49. The normalized spacial score (nSPS) is 9.95. The number of rotatable bonds is 2. The predicted molar refractivity (Wildman–Crippen MR) is 69.1 cm³/mol. The van der Waals surface area contributed by atoms with Gasteiger partial charge in [-0.15, -0.1) is 0 Å². The fraction of sp³-hybridized carbons (Fsp3) is 0.154. The Labute approximate surface area is 142 Å². The summed E-state index contributed by atoms with van der Waals surface area (Å²) in [7, 11) is 0. The molecule has 0 radical (unpaired) electrons. The largest absolute Gasteiger partial charge is 1.00 e. The maximum absolute atomic E-state index is 11.6. The number of aromatic carboxylic acids is 1. The third kappa shape index (κ3) is 3.12. The Morgan fingerprint density at radius 3 is 2.60 bits per heavy atom. The zero-order chi connectivity index (χ0) is 14.2. The molecule has 0 unspecified atom stereocenters. The van der Waals surface area contributed by atoms with Gasteiger partial charge in [-0.3, -0.25) is 4.79 Å². The Bertz CT molecular complexity index is 728. The van der Waals surface area contributed by atoms with Gasteiger partial charge in [0, 0.05) is 21.7 Å². The van der Waals surface area contributed by atoms with E-state index in [1.165, 1.54) is 12.1 Å². The van der Waals surface area contributed by atoms with E-state index in [1.807, 2.05) is 0 Å². The molecule has 0 aliphatic heterocycles. The van der Waals surface area contributed by atoms with Crippen LogP contribution in [0.3, 0.4) is 0 Å². The number of halogens is 1. The zero-order valence-electron chi connectivity index (χ0n) is 11.3. The number of benzene rings is 1. The van der Waals surface area contributed by atoms with Crippen molar-refractivity contribution in [2.45, 2.75) is 13.8 Å². The van der Waals surface area contributed by atoms with Crippen molar-refractivity contribution in [2.24, 2.45) is 0 Å². The molecule has 1 aromatic carbocycles. The van der Waals surface area contributed by atoms with E-state index in [-0.39, 0.29) is 45.7 Å². The molecule has 0 bridgehead atoms. The van der Waals surface area contributed by atoms with Crippen LogP contribution in [-0.2, 0) is 0 Å². The summed E-state index contributed by atoms with van der Waals surface area (Å²) < 4.78 is 0. The first-order chi connectivity index (χ1) is 8.91. The van der Waals surface area contributed by atoms with Crippen LogP contribution >= 0.6 is 11.6 Å². The van der Waals surface area contributed by atoms with Gasteiger partial charge in [0.05, 0.1) is 11.7 Å². The van der Waals surface area contributed by atoms with E-state index in [2.05, 4.69) is 10.2 Å². The van der Waals surface area contributed by atoms with Gasteiger partial charge in [-0.25, -0.2) is 5.10 Å². The molecule has 0 atom stereocenters. The number of nitrogens with one attached hydrogen (secondary N) is 1. The van der Waals surface area contributed by atoms with Crippen molar-refractivity contribution in [1.29, 1.82) is 0 Å². The SMILES string of the molecule is Cc1n[nH]c(=O)c(C)c1-c1ccc(Cl)c(C(=O)[O-])c1.[Na+]. The van der Waals surface area contributed by atoms with Gasteiger partial charge in [0.15, 0.2) is 0 Å². The van der Waals surface area contributed by atoms with E-state index < -0.39 is 5.97 Å².